The first kappa shape index (κ1) is 7.68. The summed E-state index contributed by atoms with van der Waals surface area (Å²) in [7, 11) is 0. The molecule has 0 unspecified atom stereocenters. The first-order chi connectivity index (χ1) is 5.92. The summed E-state index contributed by atoms with van der Waals surface area (Å²) in [6.07, 6.45) is 1.73. The Kier molecular flexibility index (Phi) is 2.04. The molecule has 0 spiro atoms. The summed E-state index contributed by atoms with van der Waals surface area (Å²) in [5, 5.41) is 4.28. The fourth-order valence-corrected chi connectivity index (χ4v) is 1.49. The van der Waals surface area contributed by atoms with Gasteiger partial charge >= 0.3 is 0 Å². The molecule has 0 aliphatic heterocycles. The quantitative estimate of drug-likeness (QED) is 0.628. The van der Waals surface area contributed by atoms with Crippen LogP contribution in [0.3, 0.4) is 0 Å². The number of rotatable bonds is 2. The molecule has 0 aliphatic carbocycles. The molecule has 0 aliphatic rings. The van der Waals surface area contributed by atoms with Gasteiger partial charge in [-0.25, -0.2) is 0 Å². The maximum absolute atomic E-state index is 5.32. The average Bonchev–Trinajstić information content (AvgIpc) is 2.50. The van der Waals surface area contributed by atoms with Gasteiger partial charge < -0.3 is 9.73 Å². The summed E-state index contributed by atoms with van der Waals surface area (Å²) in [6, 6.07) is 7.94. The van der Waals surface area contributed by atoms with Crippen molar-refractivity contribution in [3.8, 4) is 0 Å². The summed E-state index contributed by atoms with van der Waals surface area (Å²) >= 11 is 3.30. The van der Waals surface area contributed by atoms with E-state index in [2.05, 4.69) is 21.2 Å². The third-order valence-corrected chi connectivity index (χ3v) is 2.02. The molecule has 12 heavy (non-hydrogen) atoms. The lowest BCUT2D eigenvalue weighted by Crippen LogP contribution is -1.91. The molecular formula is C9H8BrNO. The molecule has 1 aromatic carbocycles. The molecule has 0 atom stereocenters. The number of alkyl halides is 1. The van der Waals surface area contributed by atoms with Crippen molar-refractivity contribution in [2.45, 2.75) is 0 Å². The van der Waals surface area contributed by atoms with Crippen LogP contribution in [0.1, 0.15) is 0 Å². The minimum atomic E-state index is 0.733. The summed E-state index contributed by atoms with van der Waals surface area (Å²) < 4.78 is 5.32. The van der Waals surface area contributed by atoms with Gasteiger partial charge in [-0.2, -0.15) is 0 Å². The minimum Gasteiger partial charge on any atom is -0.462 e. The third-order valence-electron chi connectivity index (χ3n) is 1.74. The average molecular weight is 226 g/mol. The maximum atomic E-state index is 5.32. The molecule has 2 aromatic rings. The van der Waals surface area contributed by atoms with E-state index in [1.54, 1.807) is 6.26 Å². The van der Waals surface area contributed by atoms with Crippen molar-refractivity contribution in [3.63, 3.8) is 0 Å². The molecule has 0 saturated carbocycles. The van der Waals surface area contributed by atoms with Crippen LogP contribution in [0.15, 0.2) is 34.9 Å². The molecule has 62 valence electrons. The van der Waals surface area contributed by atoms with Crippen molar-refractivity contribution in [1.29, 1.82) is 0 Å². The Morgan fingerprint density at radius 3 is 3.00 bits per heavy atom. The van der Waals surface area contributed by atoms with Gasteiger partial charge in [0.15, 0.2) is 0 Å². The third kappa shape index (κ3) is 1.20. The molecule has 0 saturated heterocycles. The van der Waals surface area contributed by atoms with Gasteiger partial charge in [0.2, 0.25) is 0 Å². The zero-order valence-corrected chi connectivity index (χ0v) is 7.97. The van der Waals surface area contributed by atoms with Crippen LogP contribution in [0.5, 0.6) is 0 Å². The number of furan rings is 1. The lowest BCUT2D eigenvalue weighted by molar-refractivity contribution is 0.617. The number of nitrogens with one attached hydrogen (secondary N) is 1. The zero-order chi connectivity index (χ0) is 8.39. The molecule has 1 heterocycles. The van der Waals surface area contributed by atoms with E-state index in [1.165, 1.54) is 0 Å². The van der Waals surface area contributed by atoms with E-state index in [1.807, 2.05) is 24.3 Å². The number of para-hydroxylation sites is 1. The van der Waals surface area contributed by atoms with Crippen LogP contribution >= 0.6 is 15.9 Å². The van der Waals surface area contributed by atoms with E-state index in [9.17, 15) is 0 Å². The molecule has 3 heteroatoms. The normalized spacial score (nSPS) is 10.4. The fraction of sp³-hybridized carbons (Fsp3) is 0.111. The smallest absolute Gasteiger partial charge is 0.136 e. The van der Waals surface area contributed by atoms with E-state index in [4.69, 9.17) is 4.42 Å². The Morgan fingerprint density at radius 1 is 1.33 bits per heavy atom. The molecule has 0 bridgehead atoms. The van der Waals surface area contributed by atoms with Crippen molar-refractivity contribution in [1.82, 2.24) is 0 Å². The van der Waals surface area contributed by atoms with Gasteiger partial charge in [-0.3, -0.25) is 0 Å². The number of hydrogen-bond donors (Lipinski definition) is 1. The van der Waals surface area contributed by atoms with Gasteiger partial charge in [0.1, 0.15) is 11.8 Å². The zero-order valence-electron chi connectivity index (χ0n) is 6.38. The highest BCUT2D eigenvalue weighted by Gasteiger charge is 2.01. The van der Waals surface area contributed by atoms with Crippen LogP contribution in [0.25, 0.3) is 11.0 Å². The standard InChI is InChI=1S/C9H8BrNO/c10-6-11-8-5-12-9-4-2-1-3-7(8)9/h1-5,11H,6H2. The molecule has 2 rings (SSSR count). The van der Waals surface area contributed by atoms with E-state index < -0.39 is 0 Å². The van der Waals surface area contributed by atoms with Crippen LogP contribution in [-0.2, 0) is 0 Å². The lowest BCUT2D eigenvalue weighted by Gasteiger charge is -1.95. The van der Waals surface area contributed by atoms with Gasteiger partial charge in [0.25, 0.3) is 0 Å². The Hall–Kier alpha value is -0.960. The molecule has 0 radical (unpaired) electrons. The van der Waals surface area contributed by atoms with Crippen LogP contribution in [0, 0.1) is 0 Å². The highest BCUT2D eigenvalue weighted by Crippen LogP contribution is 2.24. The predicted octanol–water partition coefficient (Wildman–Crippen LogP) is 3.20. The highest BCUT2D eigenvalue weighted by molar-refractivity contribution is 9.09. The summed E-state index contributed by atoms with van der Waals surface area (Å²) in [4.78, 5) is 0. The molecule has 1 aromatic heterocycles. The first-order valence-electron chi connectivity index (χ1n) is 3.68. The maximum Gasteiger partial charge on any atom is 0.136 e. The van der Waals surface area contributed by atoms with Gasteiger partial charge in [-0.1, -0.05) is 28.1 Å². The Morgan fingerprint density at radius 2 is 2.17 bits per heavy atom. The Balaban J connectivity index is 2.55. The molecule has 0 fully saturated rings. The van der Waals surface area contributed by atoms with Crippen LogP contribution in [0.2, 0.25) is 0 Å². The van der Waals surface area contributed by atoms with E-state index in [0.29, 0.717) is 0 Å². The predicted molar refractivity (Wildman–Crippen MR) is 53.6 cm³/mol. The number of anilines is 1. The minimum absolute atomic E-state index is 0.733. The summed E-state index contributed by atoms with van der Waals surface area (Å²) in [5.74, 6) is 0. The lowest BCUT2D eigenvalue weighted by atomic mass is 10.2. The number of fused-ring (bicyclic) bond motifs is 1. The molecule has 2 nitrogen and oxygen atoms in total. The van der Waals surface area contributed by atoms with Crippen molar-refractivity contribution in [2.75, 3.05) is 10.8 Å². The summed E-state index contributed by atoms with van der Waals surface area (Å²) in [6.45, 7) is 0. The van der Waals surface area contributed by atoms with Crippen molar-refractivity contribution >= 4 is 32.6 Å². The molecule has 0 amide bonds. The van der Waals surface area contributed by atoms with Crippen LogP contribution < -0.4 is 5.32 Å². The van der Waals surface area contributed by atoms with E-state index in [0.717, 1.165) is 22.1 Å². The van der Waals surface area contributed by atoms with Gasteiger partial charge in [0, 0.05) is 5.39 Å². The topological polar surface area (TPSA) is 25.2 Å². The van der Waals surface area contributed by atoms with E-state index >= 15 is 0 Å². The van der Waals surface area contributed by atoms with Crippen molar-refractivity contribution < 1.29 is 4.42 Å². The summed E-state index contributed by atoms with van der Waals surface area (Å²) in [5.41, 5.74) is 2.68. The molecule has 1 N–H and O–H groups in total. The van der Waals surface area contributed by atoms with Crippen LogP contribution in [-0.4, -0.2) is 5.45 Å². The second-order valence-electron chi connectivity index (χ2n) is 2.46. The van der Waals surface area contributed by atoms with Gasteiger partial charge in [0.05, 0.1) is 11.1 Å². The largest absolute Gasteiger partial charge is 0.462 e. The van der Waals surface area contributed by atoms with Crippen LogP contribution in [0.4, 0.5) is 5.69 Å². The fourth-order valence-electron chi connectivity index (χ4n) is 1.19. The molecular weight excluding hydrogens is 218 g/mol. The van der Waals surface area contributed by atoms with Gasteiger partial charge in [-0.05, 0) is 12.1 Å². The first-order valence-corrected chi connectivity index (χ1v) is 4.80. The van der Waals surface area contributed by atoms with E-state index in [-0.39, 0.29) is 0 Å². The van der Waals surface area contributed by atoms with Gasteiger partial charge in [-0.15, -0.1) is 0 Å². The Labute approximate surface area is 78.7 Å². The number of benzene rings is 1. The van der Waals surface area contributed by atoms with Crippen molar-refractivity contribution in [2.24, 2.45) is 0 Å². The number of halogens is 1. The van der Waals surface area contributed by atoms with Crippen molar-refractivity contribution in [3.05, 3.63) is 30.5 Å². The second-order valence-corrected chi connectivity index (χ2v) is 3.02. The Bertz CT molecular complexity index is 383. The monoisotopic (exact) mass is 225 g/mol. The number of hydrogen-bond acceptors (Lipinski definition) is 2. The second kappa shape index (κ2) is 3.19. The SMILES string of the molecule is BrCNc1coc2ccccc12. The highest BCUT2D eigenvalue weighted by atomic mass is 79.9.